The fraction of sp³-hybridized carbons (Fsp3) is 0.375. The summed E-state index contributed by atoms with van der Waals surface area (Å²) in [6, 6.07) is 4.47. The predicted octanol–water partition coefficient (Wildman–Crippen LogP) is 2.17. The van der Waals surface area contributed by atoms with Gasteiger partial charge in [-0.3, -0.25) is 10.1 Å². The van der Waals surface area contributed by atoms with Gasteiger partial charge in [0.2, 0.25) is 0 Å². The molecule has 0 atom stereocenters. The quantitative estimate of drug-likeness (QED) is 0.188. The first-order valence-electron chi connectivity index (χ1n) is 7.33. The van der Waals surface area contributed by atoms with Crippen molar-refractivity contribution in [3.8, 4) is 0 Å². The van der Waals surface area contributed by atoms with Gasteiger partial charge in [-0.2, -0.15) is 0 Å². The molecule has 0 amide bonds. The van der Waals surface area contributed by atoms with E-state index in [-0.39, 0.29) is 30.0 Å². The van der Waals surface area contributed by atoms with E-state index in [2.05, 4.69) is 0 Å². The summed E-state index contributed by atoms with van der Waals surface area (Å²) >= 11 is 0. The topological polar surface area (TPSA) is 99.0 Å². The molecule has 0 bridgehead atoms. The molecule has 8 nitrogen and oxygen atoms in total. The number of nitro benzene ring substituents is 1. The van der Waals surface area contributed by atoms with Crippen molar-refractivity contribution in [1.82, 2.24) is 0 Å². The molecule has 1 rings (SSSR count). The molecule has 8 heteroatoms. The molecule has 0 aliphatic heterocycles. The van der Waals surface area contributed by atoms with Crippen LogP contribution in [0.25, 0.3) is 6.08 Å². The van der Waals surface area contributed by atoms with E-state index in [1.54, 1.807) is 38.9 Å². The van der Waals surface area contributed by atoms with Crippen LogP contribution in [0.2, 0.25) is 0 Å². The van der Waals surface area contributed by atoms with Gasteiger partial charge in [-0.15, -0.1) is 0 Å². The molecule has 0 aliphatic carbocycles. The number of carbonyl (C=O) groups is 2. The highest BCUT2D eigenvalue weighted by Crippen LogP contribution is 2.27. The Balaban J connectivity index is 3.42. The van der Waals surface area contributed by atoms with Gasteiger partial charge in [-0.05, 0) is 32.1 Å². The van der Waals surface area contributed by atoms with Crippen LogP contribution in [0.4, 0.5) is 11.4 Å². The molecule has 1 aromatic carbocycles. The molecule has 0 aliphatic rings. The van der Waals surface area contributed by atoms with Crippen molar-refractivity contribution >= 4 is 29.4 Å². The van der Waals surface area contributed by atoms with E-state index in [1.807, 2.05) is 0 Å². The molecule has 24 heavy (non-hydrogen) atoms. The van der Waals surface area contributed by atoms with Gasteiger partial charge >= 0.3 is 11.9 Å². The Morgan fingerprint density at radius 3 is 2.12 bits per heavy atom. The van der Waals surface area contributed by atoms with E-state index in [9.17, 15) is 19.7 Å². The van der Waals surface area contributed by atoms with E-state index in [0.717, 1.165) is 6.08 Å². The number of benzene rings is 1. The average Bonchev–Trinajstić information content (AvgIpc) is 2.52. The number of carbonyl (C=O) groups excluding carboxylic acids is 2. The van der Waals surface area contributed by atoms with Gasteiger partial charge in [0, 0.05) is 25.8 Å². The van der Waals surface area contributed by atoms with Crippen LogP contribution in [0, 0.1) is 10.1 Å². The fourth-order valence-electron chi connectivity index (χ4n) is 1.86. The smallest absolute Gasteiger partial charge is 0.345 e. The van der Waals surface area contributed by atoms with E-state index < -0.39 is 16.9 Å². The summed E-state index contributed by atoms with van der Waals surface area (Å²) in [5, 5.41) is 11.3. The van der Waals surface area contributed by atoms with Crippen LogP contribution in [-0.2, 0) is 19.1 Å². The Kier molecular flexibility index (Phi) is 6.91. The van der Waals surface area contributed by atoms with Crippen LogP contribution in [0.1, 0.15) is 19.4 Å². The molecular formula is C16H20N2O6. The summed E-state index contributed by atoms with van der Waals surface area (Å²) in [6.07, 6.45) is 1.12. The number of ether oxygens (including phenoxy) is 2. The first-order valence-corrected chi connectivity index (χ1v) is 7.33. The Bertz CT molecular complexity index is 647. The van der Waals surface area contributed by atoms with Crippen LogP contribution in [-0.4, -0.2) is 44.2 Å². The Labute approximate surface area is 139 Å². The first-order chi connectivity index (χ1) is 11.3. The lowest BCUT2D eigenvalue weighted by molar-refractivity contribution is -0.385. The zero-order valence-corrected chi connectivity index (χ0v) is 14.1. The average molecular weight is 336 g/mol. The SMILES string of the molecule is CCOC(=O)C(=Cc1ccc(N(C)C)cc1[N+](=O)[O-])C(=O)OCC. The number of nitro groups is 1. The number of nitrogens with zero attached hydrogens (tertiary/aromatic N) is 2. The Morgan fingerprint density at radius 2 is 1.71 bits per heavy atom. The third-order valence-electron chi connectivity index (χ3n) is 3.02. The highest BCUT2D eigenvalue weighted by Gasteiger charge is 2.23. The van der Waals surface area contributed by atoms with Crippen molar-refractivity contribution in [3.05, 3.63) is 39.4 Å². The number of rotatable bonds is 7. The molecule has 0 N–H and O–H groups in total. The maximum atomic E-state index is 12.0. The number of hydrogen-bond donors (Lipinski definition) is 0. The zero-order chi connectivity index (χ0) is 18.3. The number of hydrogen-bond acceptors (Lipinski definition) is 7. The maximum absolute atomic E-state index is 12.0. The van der Waals surface area contributed by atoms with Crippen molar-refractivity contribution in [1.29, 1.82) is 0 Å². The largest absolute Gasteiger partial charge is 0.462 e. The molecule has 0 saturated carbocycles. The molecule has 0 heterocycles. The van der Waals surface area contributed by atoms with Crippen molar-refractivity contribution in [3.63, 3.8) is 0 Å². The maximum Gasteiger partial charge on any atom is 0.345 e. The summed E-state index contributed by atoms with van der Waals surface area (Å²) in [5.41, 5.74) is 0.112. The van der Waals surface area contributed by atoms with E-state index in [0.29, 0.717) is 5.69 Å². The normalized spacial score (nSPS) is 9.83. The lowest BCUT2D eigenvalue weighted by atomic mass is 10.1. The Morgan fingerprint density at radius 1 is 1.17 bits per heavy atom. The van der Waals surface area contributed by atoms with Crippen molar-refractivity contribution in [2.75, 3.05) is 32.2 Å². The van der Waals surface area contributed by atoms with Crippen LogP contribution in [0.15, 0.2) is 23.8 Å². The predicted molar refractivity (Wildman–Crippen MR) is 88.7 cm³/mol. The number of esters is 2. The van der Waals surface area contributed by atoms with Gasteiger partial charge in [-0.1, -0.05) is 0 Å². The lowest BCUT2D eigenvalue weighted by Gasteiger charge is -2.12. The lowest BCUT2D eigenvalue weighted by Crippen LogP contribution is -2.18. The minimum Gasteiger partial charge on any atom is -0.462 e. The molecule has 0 unspecified atom stereocenters. The van der Waals surface area contributed by atoms with Crippen molar-refractivity contribution in [2.45, 2.75) is 13.8 Å². The van der Waals surface area contributed by atoms with E-state index >= 15 is 0 Å². The fourth-order valence-corrected chi connectivity index (χ4v) is 1.86. The Hall–Kier alpha value is -2.90. The van der Waals surface area contributed by atoms with Crippen LogP contribution in [0.3, 0.4) is 0 Å². The molecule has 0 radical (unpaired) electrons. The molecule has 0 fully saturated rings. The molecule has 0 aromatic heterocycles. The highest BCUT2D eigenvalue weighted by molar-refractivity contribution is 6.18. The van der Waals surface area contributed by atoms with E-state index in [1.165, 1.54) is 12.1 Å². The van der Waals surface area contributed by atoms with E-state index in [4.69, 9.17) is 9.47 Å². The van der Waals surface area contributed by atoms with Gasteiger partial charge in [-0.25, -0.2) is 9.59 Å². The molecular weight excluding hydrogens is 316 g/mol. The summed E-state index contributed by atoms with van der Waals surface area (Å²) in [5.74, 6) is -1.77. The van der Waals surface area contributed by atoms with Gasteiger partial charge in [0.1, 0.15) is 5.57 Å². The first kappa shape index (κ1) is 19.1. The summed E-state index contributed by atoms with van der Waals surface area (Å²) in [4.78, 5) is 36.3. The molecule has 0 spiro atoms. The molecule has 1 aromatic rings. The van der Waals surface area contributed by atoms with Crippen molar-refractivity contribution in [2.24, 2.45) is 0 Å². The third kappa shape index (κ3) is 4.80. The summed E-state index contributed by atoms with van der Waals surface area (Å²) < 4.78 is 9.64. The second-order valence-corrected chi connectivity index (χ2v) is 4.89. The molecule has 130 valence electrons. The molecule has 0 saturated heterocycles. The monoisotopic (exact) mass is 336 g/mol. The third-order valence-corrected chi connectivity index (χ3v) is 3.02. The van der Waals surface area contributed by atoms with Crippen molar-refractivity contribution < 1.29 is 24.0 Å². The second kappa shape index (κ2) is 8.66. The standard InChI is InChI=1S/C16H20N2O6/c1-5-23-15(19)13(16(20)24-6-2)9-11-7-8-12(17(3)4)10-14(11)18(21)22/h7-10H,5-6H2,1-4H3. The zero-order valence-electron chi connectivity index (χ0n) is 14.1. The summed E-state index contributed by atoms with van der Waals surface area (Å²) in [7, 11) is 3.49. The minimum atomic E-state index is -0.887. The number of anilines is 1. The van der Waals surface area contributed by atoms with Gasteiger partial charge in [0.15, 0.2) is 0 Å². The summed E-state index contributed by atoms with van der Waals surface area (Å²) in [6.45, 7) is 3.32. The van der Waals surface area contributed by atoms with Gasteiger partial charge < -0.3 is 14.4 Å². The van der Waals surface area contributed by atoms with Gasteiger partial charge in [0.05, 0.1) is 23.7 Å². The van der Waals surface area contributed by atoms with Crippen LogP contribution < -0.4 is 4.90 Å². The van der Waals surface area contributed by atoms with Gasteiger partial charge in [0.25, 0.3) is 5.69 Å². The van der Waals surface area contributed by atoms with Crippen LogP contribution >= 0.6 is 0 Å². The van der Waals surface area contributed by atoms with Crippen LogP contribution in [0.5, 0.6) is 0 Å². The second-order valence-electron chi connectivity index (χ2n) is 4.89. The highest BCUT2D eigenvalue weighted by atomic mass is 16.6. The minimum absolute atomic E-state index is 0.0667.